The van der Waals surface area contributed by atoms with Crippen LogP contribution in [-0.4, -0.2) is 37.4 Å². The fraction of sp³-hybridized carbons (Fsp3) is 0.154. The number of anilines is 1. The van der Waals surface area contributed by atoms with Crippen LogP contribution >= 0.6 is 11.6 Å². The molecule has 12 heteroatoms. The molecule has 0 radical (unpaired) electrons. The van der Waals surface area contributed by atoms with Gasteiger partial charge >= 0.3 is 6.18 Å². The lowest BCUT2D eigenvalue weighted by atomic mass is 10.1. The van der Waals surface area contributed by atoms with E-state index in [0.29, 0.717) is 27.4 Å². The number of nitrogens with zero attached hydrogens (tertiary/aromatic N) is 5. The Morgan fingerprint density at radius 1 is 1.03 bits per heavy atom. The van der Waals surface area contributed by atoms with E-state index in [1.165, 1.54) is 13.2 Å². The van der Waals surface area contributed by atoms with Gasteiger partial charge in [-0.25, -0.2) is 9.50 Å². The summed E-state index contributed by atoms with van der Waals surface area (Å²) in [5.74, 6) is 0.0761. The first kappa shape index (κ1) is 25.3. The number of aromatic nitrogens is 5. The average molecular weight is 541 g/mol. The van der Waals surface area contributed by atoms with Crippen LogP contribution in [0.2, 0.25) is 5.02 Å². The molecule has 0 saturated heterocycles. The number of fused-ring (bicyclic) bond motifs is 1. The van der Waals surface area contributed by atoms with Crippen molar-refractivity contribution >= 4 is 29.0 Å². The quantitative estimate of drug-likeness (QED) is 0.290. The zero-order valence-electron chi connectivity index (χ0n) is 20.1. The van der Waals surface area contributed by atoms with Crippen LogP contribution < -0.4 is 10.1 Å². The summed E-state index contributed by atoms with van der Waals surface area (Å²) >= 11 is 5.93. The van der Waals surface area contributed by atoms with Crippen molar-refractivity contribution in [1.29, 1.82) is 0 Å². The molecule has 194 valence electrons. The van der Waals surface area contributed by atoms with Gasteiger partial charge in [0.1, 0.15) is 5.75 Å². The van der Waals surface area contributed by atoms with Crippen LogP contribution in [0.15, 0.2) is 66.7 Å². The van der Waals surface area contributed by atoms with Gasteiger partial charge in [-0.1, -0.05) is 23.7 Å². The molecule has 0 aliphatic carbocycles. The maximum Gasteiger partial charge on any atom is 0.433 e. The van der Waals surface area contributed by atoms with Gasteiger partial charge < -0.3 is 10.1 Å². The third kappa shape index (κ3) is 5.18. The molecule has 38 heavy (non-hydrogen) atoms. The van der Waals surface area contributed by atoms with Gasteiger partial charge in [0.25, 0.3) is 5.91 Å². The molecule has 0 aliphatic rings. The second-order valence-corrected chi connectivity index (χ2v) is 8.90. The van der Waals surface area contributed by atoms with Gasteiger partial charge in [0.2, 0.25) is 0 Å². The van der Waals surface area contributed by atoms with E-state index < -0.39 is 17.8 Å². The van der Waals surface area contributed by atoms with E-state index in [-0.39, 0.29) is 22.9 Å². The first-order valence-corrected chi connectivity index (χ1v) is 11.7. The molecule has 5 aromatic rings. The van der Waals surface area contributed by atoms with Crippen molar-refractivity contribution in [2.24, 2.45) is 0 Å². The van der Waals surface area contributed by atoms with Gasteiger partial charge in [0.15, 0.2) is 22.9 Å². The number of alkyl halides is 3. The van der Waals surface area contributed by atoms with E-state index >= 15 is 0 Å². The van der Waals surface area contributed by atoms with Crippen molar-refractivity contribution in [1.82, 2.24) is 24.4 Å². The van der Waals surface area contributed by atoms with E-state index in [9.17, 15) is 18.0 Å². The van der Waals surface area contributed by atoms with Crippen molar-refractivity contribution in [2.75, 3.05) is 12.4 Å². The van der Waals surface area contributed by atoms with Crippen LogP contribution in [0, 0.1) is 6.92 Å². The number of hydrogen-bond acceptors (Lipinski definition) is 5. The minimum absolute atomic E-state index is 0.0795. The van der Waals surface area contributed by atoms with E-state index in [4.69, 9.17) is 16.3 Å². The Balaban J connectivity index is 1.43. The van der Waals surface area contributed by atoms with Gasteiger partial charge in [-0.05, 0) is 55.0 Å². The summed E-state index contributed by atoms with van der Waals surface area (Å²) in [5.41, 5.74) is 0.840. The predicted molar refractivity (Wildman–Crippen MR) is 135 cm³/mol. The summed E-state index contributed by atoms with van der Waals surface area (Å²) in [4.78, 5) is 17.2. The van der Waals surface area contributed by atoms with E-state index in [1.807, 2.05) is 19.1 Å². The number of carbonyl (C=O) groups is 1. The number of hydrogen-bond donors (Lipinski definition) is 1. The largest absolute Gasteiger partial charge is 0.497 e. The molecular formula is C26H20ClF3N6O2. The Morgan fingerprint density at radius 3 is 2.39 bits per heavy atom. The Morgan fingerprint density at radius 2 is 1.74 bits per heavy atom. The molecule has 3 aromatic heterocycles. The molecule has 3 heterocycles. The smallest absolute Gasteiger partial charge is 0.433 e. The number of carbonyl (C=O) groups excluding carboxylic acids is 1. The number of ether oxygens (including phenoxy) is 1. The lowest BCUT2D eigenvalue weighted by molar-refractivity contribution is -0.142. The SMILES string of the molecule is COc1ccc(-c2cc(C(F)(F)F)n3nc(C(=O)Nc4cc(C)n(Cc5ccc(Cl)cc5)n4)cc3n2)cc1. The minimum Gasteiger partial charge on any atom is -0.497 e. The molecule has 0 aliphatic heterocycles. The van der Waals surface area contributed by atoms with Crippen LogP contribution in [-0.2, 0) is 12.7 Å². The average Bonchev–Trinajstić information content (AvgIpc) is 3.47. The lowest BCUT2D eigenvalue weighted by Crippen LogP contribution is -2.16. The highest BCUT2D eigenvalue weighted by Gasteiger charge is 2.35. The molecule has 0 fully saturated rings. The number of benzene rings is 2. The second-order valence-electron chi connectivity index (χ2n) is 8.46. The molecule has 0 spiro atoms. The van der Waals surface area contributed by atoms with Crippen molar-refractivity contribution in [3.05, 3.63) is 94.4 Å². The summed E-state index contributed by atoms with van der Waals surface area (Å²) in [6.45, 7) is 2.27. The third-order valence-electron chi connectivity index (χ3n) is 5.80. The zero-order valence-corrected chi connectivity index (χ0v) is 20.9. The molecule has 0 bridgehead atoms. The number of aryl methyl sites for hydroxylation is 1. The molecule has 2 aromatic carbocycles. The van der Waals surface area contributed by atoms with Gasteiger partial charge in [-0.2, -0.15) is 23.4 Å². The van der Waals surface area contributed by atoms with Crippen LogP contribution in [0.25, 0.3) is 16.9 Å². The Kier molecular flexibility index (Phi) is 6.53. The normalized spacial score (nSPS) is 11.6. The minimum atomic E-state index is -4.74. The van der Waals surface area contributed by atoms with Crippen molar-refractivity contribution in [2.45, 2.75) is 19.6 Å². The Hall–Kier alpha value is -4.38. The van der Waals surface area contributed by atoms with Gasteiger partial charge in [0.05, 0.1) is 19.3 Å². The van der Waals surface area contributed by atoms with Gasteiger partial charge in [0, 0.05) is 28.4 Å². The molecule has 1 N–H and O–H groups in total. The molecular weight excluding hydrogens is 521 g/mol. The summed E-state index contributed by atoms with van der Waals surface area (Å²) in [7, 11) is 1.49. The number of rotatable bonds is 6. The van der Waals surface area contributed by atoms with Crippen LogP contribution in [0.3, 0.4) is 0 Å². The lowest BCUT2D eigenvalue weighted by Gasteiger charge is -2.11. The summed E-state index contributed by atoms with van der Waals surface area (Å²) in [5, 5.41) is 11.5. The standard InChI is InChI=1S/C26H20ClF3N6O2/c1-15-11-23(34-35(15)14-16-3-7-18(27)8-4-16)32-25(37)21-13-24-31-20(17-5-9-19(38-2)10-6-17)12-22(26(28,29)30)36(24)33-21/h3-13H,14H2,1-2H3,(H,32,34,37). The van der Waals surface area contributed by atoms with Crippen molar-refractivity contribution in [3.8, 4) is 17.0 Å². The number of amides is 1. The van der Waals surface area contributed by atoms with Crippen molar-refractivity contribution < 1.29 is 22.7 Å². The number of methoxy groups -OCH3 is 1. The maximum absolute atomic E-state index is 13.9. The first-order valence-electron chi connectivity index (χ1n) is 11.3. The van der Waals surface area contributed by atoms with E-state index in [0.717, 1.165) is 17.3 Å². The second kappa shape index (κ2) is 9.82. The number of halogens is 4. The van der Waals surface area contributed by atoms with Gasteiger partial charge in [-0.3, -0.25) is 9.48 Å². The van der Waals surface area contributed by atoms with Crippen molar-refractivity contribution in [3.63, 3.8) is 0 Å². The number of nitrogens with one attached hydrogen (secondary N) is 1. The third-order valence-corrected chi connectivity index (χ3v) is 6.06. The highest BCUT2D eigenvalue weighted by Crippen LogP contribution is 2.33. The van der Waals surface area contributed by atoms with E-state index in [2.05, 4.69) is 20.5 Å². The molecule has 5 rings (SSSR count). The monoisotopic (exact) mass is 540 g/mol. The fourth-order valence-electron chi connectivity index (χ4n) is 3.87. The Bertz CT molecular complexity index is 1630. The fourth-order valence-corrected chi connectivity index (χ4v) is 4.00. The molecule has 0 saturated carbocycles. The molecule has 0 unspecified atom stereocenters. The summed E-state index contributed by atoms with van der Waals surface area (Å²) < 4.78 is 49.1. The summed E-state index contributed by atoms with van der Waals surface area (Å²) in [6.07, 6.45) is -4.74. The highest BCUT2D eigenvalue weighted by molar-refractivity contribution is 6.30. The van der Waals surface area contributed by atoms with Crippen LogP contribution in [0.1, 0.15) is 27.4 Å². The highest BCUT2D eigenvalue weighted by atomic mass is 35.5. The Labute approximate surface area is 219 Å². The predicted octanol–water partition coefficient (Wildman–Crippen LogP) is 5.88. The maximum atomic E-state index is 13.9. The molecule has 8 nitrogen and oxygen atoms in total. The van der Waals surface area contributed by atoms with E-state index in [1.54, 1.807) is 47.1 Å². The zero-order chi connectivity index (χ0) is 27.0. The van der Waals surface area contributed by atoms with Crippen LogP contribution in [0.5, 0.6) is 5.75 Å². The summed E-state index contributed by atoms with van der Waals surface area (Å²) in [6, 6.07) is 17.5. The topological polar surface area (TPSA) is 86.3 Å². The molecule has 0 atom stereocenters. The first-order chi connectivity index (χ1) is 18.1. The van der Waals surface area contributed by atoms with Crippen LogP contribution in [0.4, 0.5) is 19.0 Å². The molecule has 1 amide bonds. The van der Waals surface area contributed by atoms with Gasteiger partial charge in [-0.15, -0.1) is 0 Å².